The van der Waals surface area contributed by atoms with Gasteiger partial charge in [-0.25, -0.2) is 4.79 Å². The van der Waals surface area contributed by atoms with Gasteiger partial charge in [0.1, 0.15) is 28.9 Å². The van der Waals surface area contributed by atoms with Crippen LogP contribution in [0.25, 0.3) is 0 Å². The predicted molar refractivity (Wildman–Crippen MR) is 151 cm³/mol. The molecule has 0 bridgehead atoms. The van der Waals surface area contributed by atoms with Crippen molar-refractivity contribution < 1.29 is 28.5 Å². The number of nitrogens with two attached hydrogens (primary N) is 1. The molecule has 9 heteroatoms. The zero-order valence-corrected chi connectivity index (χ0v) is 23.4. The largest absolute Gasteiger partial charge is 0.490 e. The Balaban J connectivity index is 1.57. The van der Waals surface area contributed by atoms with Gasteiger partial charge >= 0.3 is 5.97 Å². The lowest BCUT2D eigenvalue weighted by molar-refractivity contribution is -0.136. The normalized spacial score (nSPS) is 14.2. The minimum atomic E-state index is -0.608. The number of halogens is 1. The van der Waals surface area contributed by atoms with Crippen LogP contribution in [0.3, 0.4) is 0 Å². The number of fused-ring (bicyclic) bond motifs is 1. The fraction of sp³-hybridized carbons (Fsp3) is 0.290. The number of benzene rings is 3. The second-order valence-electron chi connectivity index (χ2n) is 9.51. The van der Waals surface area contributed by atoms with E-state index in [0.29, 0.717) is 52.7 Å². The maximum absolute atomic E-state index is 12.4. The number of esters is 1. The summed E-state index contributed by atoms with van der Waals surface area (Å²) in [5, 5.41) is 10.4. The first-order valence-electron chi connectivity index (χ1n) is 13.0. The molecule has 1 atom stereocenters. The first-order chi connectivity index (χ1) is 19.3. The van der Waals surface area contributed by atoms with E-state index in [-0.39, 0.29) is 23.8 Å². The minimum Gasteiger partial charge on any atom is -0.490 e. The molecule has 0 saturated carbocycles. The molecule has 0 aliphatic carbocycles. The standard InChI is InChI=1S/C31H31ClN2O6/c1-4-36-28-14-20(8-11-26(28)37-13-12-19(2)3)30-24-10-9-23(16-27(24)40-31(34)25(30)17-33)39-29(35)18-38-22-7-5-6-21(32)15-22/h5-11,14-16,19,30H,4,12-13,18,34H2,1-3H3. The van der Waals surface area contributed by atoms with Crippen molar-refractivity contribution >= 4 is 17.6 Å². The number of hydrogen-bond donors (Lipinski definition) is 1. The number of rotatable bonds is 11. The topological polar surface area (TPSA) is 113 Å². The van der Waals surface area contributed by atoms with Gasteiger partial charge in [-0.1, -0.05) is 43.6 Å². The zero-order chi connectivity index (χ0) is 28.6. The molecule has 208 valence electrons. The van der Waals surface area contributed by atoms with Crippen molar-refractivity contribution in [1.29, 1.82) is 5.26 Å². The van der Waals surface area contributed by atoms with Gasteiger partial charge in [0.2, 0.25) is 5.88 Å². The van der Waals surface area contributed by atoms with E-state index < -0.39 is 11.9 Å². The van der Waals surface area contributed by atoms with Crippen molar-refractivity contribution in [3.63, 3.8) is 0 Å². The van der Waals surface area contributed by atoms with Crippen molar-refractivity contribution in [2.24, 2.45) is 11.7 Å². The van der Waals surface area contributed by atoms with Gasteiger partial charge in [0.15, 0.2) is 18.1 Å². The number of nitrogens with zero attached hydrogens (tertiary/aromatic N) is 1. The Kier molecular flexibility index (Phi) is 9.41. The number of carbonyl (C=O) groups excluding carboxylic acids is 1. The molecule has 3 aromatic rings. The molecule has 0 radical (unpaired) electrons. The first-order valence-corrected chi connectivity index (χ1v) is 13.4. The molecule has 0 aromatic heterocycles. The molecule has 1 aliphatic rings. The van der Waals surface area contributed by atoms with Gasteiger partial charge in [-0.15, -0.1) is 0 Å². The van der Waals surface area contributed by atoms with E-state index >= 15 is 0 Å². The van der Waals surface area contributed by atoms with Crippen LogP contribution in [0.2, 0.25) is 5.02 Å². The predicted octanol–water partition coefficient (Wildman–Crippen LogP) is 6.37. The third-order valence-electron chi connectivity index (χ3n) is 6.13. The lowest BCUT2D eigenvalue weighted by Crippen LogP contribution is -2.22. The van der Waals surface area contributed by atoms with Crippen molar-refractivity contribution in [2.45, 2.75) is 33.1 Å². The van der Waals surface area contributed by atoms with Crippen LogP contribution >= 0.6 is 11.6 Å². The molecule has 2 N–H and O–H groups in total. The van der Waals surface area contributed by atoms with Crippen LogP contribution in [0.5, 0.6) is 28.7 Å². The van der Waals surface area contributed by atoms with Crippen molar-refractivity contribution in [3.05, 3.63) is 88.3 Å². The molecule has 1 heterocycles. The fourth-order valence-corrected chi connectivity index (χ4v) is 4.38. The van der Waals surface area contributed by atoms with E-state index in [1.165, 1.54) is 0 Å². The lowest BCUT2D eigenvalue weighted by atomic mass is 9.83. The number of allylic oxidation sites excluding steroid dienone is 1. The highest BCUT2D eigenvalue weighted by atomic mass is 35.5. The number of ether oxygens (including phenoxy) is 5. The zero-order valence-electron chi connectivity index (χ0n) is 22.6. The summed E-state index contributed by atoms with van der Waals surface area (Å²) in [4.78, 5) is 12.4. The van der Waals surface area contributed by atoms with E-state index in [1.54, 1.807) is 42.5 Å². The summed E-state index contributed by atoms with van der Waals surface area (Å²) in [6, 6.07) is 19.4. The Bertz CT molecular complexity index is 1450. The van der Waals surface area contributed by atoms with E-state index in [0.717, 1.165) is 12.0 Å². The molecule has 0 saturated heterocycles. The van der Waals surface area contributed by atoms with E-state index in [1.807, 2.05) is 25.1 Å². The van der Waals surface area contributed by atoms with Crippen LogP contribution in [0.1, 0.15) is 44.2 Å². The molecule has 3 aromatic carbocycles. The van der Waals surface area contributed by atoms with Crippen molar-refractivity contribution in [2.75, 3.05) is 19.8 Å². The Labute approximate surface area is 238 Å². The van der Waals surface area contributed by atoms with Gasteiger partial charge in [-0.3, -0.25) is 0 Å². The molecule has 0 fully saturated rings. The highest BCUT2D eigenvalue weighted by molar-refractivity contribution is 6.30. The molecule has 1 aliphatic heterocycles. The number of hydrogen-bond acceptors (Lipinski definition) is 8. The minimum absolute atomic E-state index is 0.0250. The summed E-state index contributed by atoms with van der Waals surface area (Å²) < 4.78 is 28.5. The van der Waals surface area contributed by atoms with Gasteiger partial charge in [0.25, 0.3) is 0 Å². The van der Waals surface area contributed by atoms with Gasteiger partial charge in [-0.2, -0.15) is 5.26 Å². The molecule has 40 heavy (non-hydrogen) atoms. The number of carbonyl (C=O) groups is 1. The van der Waals surface area contributed by atoms with Crippen molar-refractivity contribution in [1.82, 2.24) is 0 Å². The molecule has 4 rings (SSSR count). The Morgan fingerprint density at radius 2 is 1.88 bits per heavy atom. The summed E-state index contributed by atoms with van der Waals surface area (Å²) in [7, 11) is 0. The summed E-state index contributed by atoms with van der Waals surface area (Å²) in [6.45, 7) is 6.88. The highest BCUT2D eigenvalue weighted by Gasteiger charge is 2.32. The second-order valence-corrected chi connectivity index (χ2v) is 9.95. The summed E-state index contributed by atoms with van der Waals surface area (Å²) >= 11 is 5.95. The lowest BCUT2D eigenvalue weighted by Gasteiger charge is -2.27. The molecular weight excluding hydrogens is 532 g/mol. The van der Waals surface area contributed by atoms with Crippen LogP contribution in [-0.4, -0.2) is 25.8 Å². The van der Waals surface area contributed by atoms with Gasteiger partial charge in [-0.05, 0) is 61.2 Å². The maximum Gasteiger partial charge on any atom is 0.349 e. The third kappa shape index (κ3) is 6.99. The first kappa shape index (κ1) is 28.7. The molecule has 1 unspecified atom stereocenters. The van der Waals surface area contributed by atoms with Crippen LogP contribution in [0.4, 0.5) is 0 Å². The fourth-order valence-electron chi connectivity index (χ4n) is 4.20. The molecule has 0 amide bonds. The summed E-state index contributed by atoms with van der Waals surface area (Å²) in [5.41, 5.74) is 7.91. The smallest absolute Gasteiger partial charge is 0.349 e. The average Bonchev–Trinajstić information content (AvgIpc) is 2.92. The Morgan fingerprint density at radius 3 is 2.60 bits per heavy atom. The van der Waals surface area contributed by atoms with Crippen LogP contribution in [-0.2, 0) is 4.79 Å². The quantitative estimate of drug-likeness (QED) is 0.212. The molecular formula is C31H31ClN2O6. The van der Waals surface area contributed by atoms with Crippen LogP contribution < -0.4 is 29.4 Å². The Morgan fingerprint density at radius 1 is 1.05 bits per heavy atom. The second kappa shape index (κ2) is 13.1. The van der Waals surface area contributed by atoms with E-state index in [9.17, 15) is 10.1 Å². The van der Waals surface area contributed by atoms with E-state index in [2.05, 4.69) is 19.9 Å². The van der Waals surface area contributed by atoms with Crippen LogP contribution in [0, 0.1) is 17.2 Å². The average molecular weight is 563 g/mol. The summed E-state index contributed by atoms with van der Waals surface area (Å²) in [6.07, 6.45) is 0.915. The number of nitriles is 1. The van der Waals surface area contributed by atoms with Gasteiger partial charge < -0.3 is 29.4 Å². The van der Waals surface area contributed by atoms with Gasteiger partial charge in [0.05, 0.1) is 19.1 Å². The van der Waals surface area contributed by atoms with Crippen LogP contribution in [0.15, 0.2) is 72.1 Å². The Hall–Kier alpha value is -4.35. The monoisotopic (exact) mass is 562 g/mol. The van der Waals surface area contributed by atoms with E-state index in [4.69, 9.17) is 41.0 Å². The molecule has 8 nitrogen and oxygen atoms in total. The SMILES string of the molecule is CCOc1cc(C2C(C#N)=C(N)Oc3cc(OC(=O)COc4cccc(Cl)c4)ccc32)ccc1OCCC(C)C. The third-order valence-corrected chi connectivity index (χ3v) is 6.36. The van der Waals surface area contributed by atoms with Gasteiger partial charge in [0, 0.05) is 16.7 Å². The van der Waals surface area contributed by atoms with Crippen molar-refractivity contribution in [3.8, 4) is 34.8 Å². The molecule has 0 spiro atoms. The maximum atomic E-state index is 12.4. The highest BCUT2D eigenvalue weighted by Crippen LogP contribution is 2.45. The summed E-state index contributed by atoms with van der Waals surface area (Å²) in [5.74, 6) is 1.64.